The minimum atomic E-state index is -0.109. The maximum Gasteiger partial charge on any atom is 0.244 e. The first kappa shape index (κ1) is 13.5. The second kappa shape index (κ2) is 5.82. The van der Waals surface area contributed by atoms with Crippen molar-refractivity contribution in [2.75, 3.05) is 40.3 Å². The van der Waals surface area contributed by atoms with E-state index in [0.717, 1.165) is 26.2 Å². The lowest BCUT2D eigenvalue weighted by Crippen LogP contribution is -2.49. The number of carbonyl (C=O) groups is 1. The Bertz CT molecular complexity index is 410. The van der Waals surface area contributed by atoms with Crippen LogP contribution in [-0.4, -0.2) is 56.0 Å². The Morgan fingerprint density at radius 1 is 1.44 bits per heavy atom. The molecular formula is C13H21N3OS. The van der Waals surface area contributed by atoms with Crippen LogP contribution in [0.3, 0.4) is 0 Å². The molecule has 1 aliphatic heterocycles. The number of likely N-dealkylation sites (N-methyl/N-ethyl adjacent to an activating group) is 1. The molecule has 1 fully saturated rings. The molecule has 0 aromatic carbocycles. The molecule has 1 saturated heterocycles. The number of piperazine rings is 1. The molecule has 2 rings (SSSR count). The smallest absolute Gasteiger partial charge is 0.244 e. The van der Waals surface area contributed by atoms with E-state index in [1.165, 1.54) is 10.4 Å². The number of aryl methyl sites for hydroxylation is 1. The van der Waals surface area contributed by atoms with Gasteiger partial charge in [0, 0.05) is 45.2 Å². The molecule has 1 N–H and O–H groups in total. The molecule has 0 radical (unpaired) electrons. The lowest BCUT2D eigenvalue weighted by Gasteiger charge is -2.35. The molecule has 1 aromatic heterocycles. The number of nitrogens with one attached hydrogen (secondary N) is 1. The lowest BCUT2D eigenvalue weighted by atomic mass is 10.1. The number of nitrogens with zero attached hydrogens (tertiary/aromatic N) is 2. The van der Waals surface area contributed by atoms with Crippen molar-refractivity contribution < 1.29 is 4.79 Å². The third-order valence-electron chi connectivity index (χ3n) is 3.34. The van der Waals surface area contributed by atoms with Crippen molar-refractivity contribution >= 4 is 17.2 Å². The molecule has 0 aliphatic carbocycles. The topological polar surface area (TPSA) is 35.6 Å². The average Bonchev–Trinajstić information content (AvgIpc) is 2.77. The van der Waals surface area contributed by atoms with Gasteiger partial charge in [0.1, 0.15) is 6.04 Å². The summed E-state index contributed by atoms with van der Waals surface area (Å²) < 4.78 is 0. The van der Waals surface area contributed by atoms with Crippen LogP contribution >= 0.6 is 11.3 Å². The average molecular weight is 267 g/mol. The van der Waals surface area contributed by atoms with Crippen LogP contribution in [0.1, 0.15) is 16.5 Å². The van der Waals surface area contributed by atoms with Gasteiger partial charge in [0.05, 0.1) is 0 Å². The quantitative estimate of drug-likeness (QED) is 0.890. The summed E-state index contributed by atoms with van der Waals surface area (Å²) in [7, 11) is 3.67. The van der Waals surface area contributed by atoms with Gasteiger partial charge in [-0.2, -0.15) is 0 Å². The number of thiophene rings is 1. The summed E-state index contributed by atoms with van der Waals surface area (Å²) in [5.74, 6) is 0.183. The number of hydrogen-bond donors (Lipinski definition) is 1. The normalized spacial score (nSPS) is 18.6. The van der Waals surface area contributed by atoms with Gasteiger partial charge in [-0.25, -0.2) is 0 Å². The Morgan fingerprint density at radius 2 is 2.11 bits per heavy atom. The van der Waals surface area contributed by atoms with Gasteiger partial charge in [-0.05, 0) is 23.9 Å². The zero-order chi connectivity index (χ0) is 13.1. The van der Waals surface area contributed by atoms with Gasteiger partial charge in [0.2, 0.25) is 5.91 Å². The predicted molar refractivity (Wildman–Crippen MR) is 74.9 cm³/mol. The Hall–Kier alpha value is -0.910. The molecular weight excluding hydrogens is 246 g/mol. The second-order valence-corrected chi connectivity index (χ2v) is 5.84. The highest BCUT2D eigenvalue weighted by Crippen LogP contribution is 2.30. The molecule has 18 heavy (non-hydrogen) atoms. The fourth-order valence-corrected chi connectivity index (χ4v) is 3.34. The summed E-state index contributed by atoms with van der Waals surface area (Å²) in [5.41, 5.74) is 1.22. The summed E-state index contributed by atoms with van der Waals surface area (Å²) in [4.78, 5) is 17.6. The van der Waals surface area contributed by atoms with Gasteiger partial charge in [0.15, 0.2) is 0 Å². The molecule has 1 aliphatic rings. The van der Waals surface area contributed by atoms with E-state index in [2.05, 4.69) is 28.6 Å². The molecule has 1 amide bonds. The first-order valence-electron chi connectivity index (χ1n) is 6.31. The van der Waals surface area contributed by atoms with Gasteiger partial charge in [-0.1, -0.05) is 0 Å². The van der Waals surface area contributed by atoms with Crippen LogP contribution in [0.25, 0.3) is 0 Å². The Balaban J connectivity index is 2.28. The maximum atomic E-state index is 12.5. The van der Waals surface area contributed by atoms with Gasteiger partial charge in [-0.3, -0.25) is 9.69 Å². The number of rotatable bonds is 3. The standard InChI is InChI=1S/C13H21N3OS/c1-10-4-9-18-12(10)11(13(17)15(2)3)16-7-5-14-6-8-16/h4,9,11,14H,5-8H2,1-3H3. The number of carbonyl (C=O) groups excluding carboxylic acids is 1. The van der Waals surface area contributed by atoms with Crippen LogP contribution < -0.4 is 5.32 Å². The molecule has 2 heterocycles. The van der Waals surface area contributed by atoms with E-state index in [4.69, 9.17) is 0 Å². The van der Waals surface area contributed by atoms with Gasteiger partial charge in [-0.15, -0.1) is 11.3 Å². The Kier molecular flexibility index (Phi) is 4.37. The van der Waals surface area contributed by atoms with Crippen LogP contribution in [0.15, 0.2) is 11.4 Å². The fraction of sp³-hybridized carbons (Fsp3) is 0.615. The summed E-state index contributed by atoms with van der Waals surface area (Å²) in [6.45, 7) is 5.87. The Labute approximate surface area is 113 Å². The SMILES string of the molecule is Cc1ccsc1C(C(=O)N(C)C)N1CCNCC1. The fourth-order valence-electron chi connectivity index (χ4n) is 2.28. The van der Waals surface area contributed by atoms with E-state index in [-0.39, 0.29) is 11.9 Å². The number of hydrogen-bond acceptors (Lipinski definition) is 4. The molecule has 1 atom stereocenters. The van der Waals surface area contributed by atoms with Crippen molar-refractivity contribution in [1.29, 1.82) is 0 Å². The molecule has 1 aromatic rings. The van der Waals surface area contributed by atoms with Crippen LogP contribution in [0.5, 0.6) is 0 Å². The summed E-state index contributed by atoms with van der Waals surface area (Å²) >= 11 is 1.69. The highest BCUT2D eigenvalue weighted by atomic mass is 32.1. The van der Waals surface area contributed by atoms with E-state index in [1.54, 1.807) is 16.2 Å². The van der Waals surface area contributed by atoms with E-state index in [0.29, 0.717) is 0 Å². The zero-order valence-corrected chi connectivity index (χ0v) is 12.1. The Morgan fingerprint density at radius 3 is 2.61 bits per heavy atom. The van der Waals surface area contributed by atoms with Gasteiger partial charge >= 0.3 is 0 Å². The van der Waals surface area contributed by atoms with Gasteiger partial charge in [0.25, 0.3) is 0 Å². The van der Waals surface area contributed by atoms with Crippen molar-refractivity contribution in [3.8, 4) is 0 Å². The highest BCUT2D eigenvalue weighted by Gasteiger charge is 2.31. The molecule has 1 unspecified atom stereocenters. The first-order valence-corrected chi connectivity index (χ1v) is 7.19. The molecule has 5 heteroatoms. The van der Waals surface area contributed by atoms with E-state index in [9.17, 15) is 4.79 Å². The molecule has 0 bridgehead atoms. The third kappa shape index (κ3) is 2.74. The molecule has 0 saturated carbocycles. The highest BCUT2D eigenvalue weighted by molar-refractivity contribution is 7.10. The largest absolute Gasteiger partial charge is 0.347 e. The van der Waals surface area contributed by atoms with Gasteiger partial charge < -0.3 is 10.2 Å². The van der Waals surface area contributed by atoms with Crippen molar-refractivity contribution in [1.82, 2.24) is 15.1 Å². The zero-order valence-electron chi connectivity index (χ0n) is 11.3. The van der Waals surface area contributed by atoms with Crippen LogP contribution in [0, 0.1) is 6.92 Å². The minimum Gasteiger partial charge on any atom is -0.347 e. The van der Waals surface area contributed by atoms with E-state index >= 15 is 0 Å². The second-order valence-electron chi connectivity index (χ2n) is 4.89. The summed E-state index contributed by atoms with van der Waals surface area (Å²) in [6, 6.07) is 1.99. The van der Waals surface area contributed by atoms with Crippen molar-refractivity contribution in [3.05, 3.63) is 21.9 Å². The van der Waals surface area contributed by atoms with Crippen molar-refractivity contribution in [2.24, 2.45) is 0 Å². The number of amides is 1. The van der Waals surface area contributed by atoms with E-state index < -0.39 is 0 Å². The monoisotopic (exact) mass is 267 g/mol. The van der Waals surface area contributed by atoms with Crippen molar-refractivity contribution in [3.63, 3.8) is 0 Å². The van der Waals surface area contributed by atoms with E-state index in [1.807, 2.05) is 14.1 Å². The molecule has 4 nitrogen and oxygen atoms in total. The maximum absolute atomic E-state index is 12.5. The van der Waals surface area contributed by atoms with Crippen LogP contribution in [-0.2, 0) is 4.79 Å². The molecule has 100 valence electrons. The molecule has 0 spiro atoms. The minimum absolute atomic E-state index is 0.109. The first-order chi connectivity index (χ1) is 8.61. The lowest BCUT2D eigenvalue weighted by molar-refractivity contribution is -0.134. The third-order valence-corrected chi connectivity index (χ3v) is 4.41. The summed E-state index contributed by atoms with van der Waals surface area (Å²) in [5, 5.41) is 5.41. The van der Waals surface area contributed by atoms with Crippen LogP contribution in [0.4, 0.5) is 0 Å². The van der Waals surface area contributed by atoms with Crippen molar-refractivity contribution in [2.45, 2.75) is 13.0 Å². The van der Waals surface area contributed by atoms with Crippen LogP contribution in [0.2, 0.25) is 0 Å². The summed E-state index contributed by atoms with van der Waals surface area (Å²) in [6.07, 6.45) is 0. The predicted octanol–water partition coefficient (Wildman–Crippen LogP) is 1.09.